The fraction of sp³-hybridized carbons (Fsp3) is 0.350. The normalized spacial score (nSPS) is 15.5. The first-order valence-corrected chi connectivity index (χ1v) is 8.23. The average molecular weight is 327 g/mol. The first-order valence-electron chi connectivity index (χ1n) is 8.23. The smallest absolute Gasteiger partial charge is 0.225 e. The molecule has 0 saturated heterocycles. The van der Waals surface area contributed by atoms with Gasteiger partial charge in [0.1, 0.15) is 0 Å². The van der Waals surface area contributed by atoms with Gasteiger partial charge in [0.25, 0.3) is 0 Å². The minimum Gasteiger partial charge on any atom is -0.493 e. The van der Waals surface area contributed by atoms with Crippen molar-refractivity contribution in [2.24, 2.45) is 0 Å². The van der Waals surface area contributed by atoms with Gasteiger partial charge in [-0.1, -0.05) is 43.7 Å². The van der Waals surface area contributed by atoms with Crippen molar-refractivity contribution in [1.82, 2.24) is 5.32 Å². The van der Waals surface area contributed by atoms with Gasteiger partial charge in [0.05, 0.1) is 26.7 Å². The lowest BCUT2D eigenvalue weighted by Crippen LogP contribution is -2.35. The van der Waals surface area contributed by atoms with E-state index in [2.05, 4.69) is 17.4 Å². The Hall–Kier alpha value is -2.49. The second-order valence-corrected chi connectivity index (χ2v) is 5.49. The molecule has 2 aromatic rings. The summed E-state index contributed by atoms with van der Waals surface area (Å²) < 4.78 is 10.7. The van der Waals surface area contributed by atoms with Gasteiger partial charge < -0.3 is 14.8 Å². The maximum absolute atomic E-state index is 12.0. The van der Waals surface area contributed by atoms with E-state index < -0.39 is 0 Å². The van der Waals surface area contributed by atoms with Crippen LogP contribution in [0.3, 0.4) is 0 Å². The van der Waals surface area contributed by atoms with E-state index in [0.29, 0.717) is 17.9 Å². The van der Waals surface area contributed by atoms with E-state index in [1.165, 1.54) is 5.56 Å². The van der Waals surface area contributed by atoms with Gasteiger partial charge in [-0.3, -0.25) is 4.79 Å². The Bertz CT molecular complexity index is 708. The summed E-state index contributed by atoms with van der Waals surface area (Å²) in [7, 11) is 3.22. The van der Waals surface area contributed by atoms with Gasteiger partial charge in [-0.2, -0.15) is 0 Å². The highest BCUT2D eigenvalue weighted by molar-refractivity contribution is 5.82. The van der Waals surface area contributed by atoms with Gasteiger partial charge in [0.2, 0.25) is 5.91 Å². The van der Waals surface area contributed by atoms with Crippen LogP contribution in [0.15, 0.2) is 36.4 Å². The summed E-state index contributed by atoms with van der Waals surface area (Å²) in [6.45, 7) is 6.05. The molecule has 1 aliphatic rings. The van der Waals surface area contributed by atoms with Crippen LogP contribution in [0.4, 0.5) is 0 Å². The third kappa shape index (κ3) is 3.53. The monoisotopic (exact) mass is 327 g/mol. The van der Waals surface area contributed by atoms with Crippen LogP contribution in [0.5, 0.6) is 11.5 Å². The van der Waals surface area contributed by atoms with Crippen LogP contribution in [-0.2, 0) is 11.2 Å². The highest BCUT2D eigenvalue weighted by Crippen LogP contribution is 2.37. The molecule has 0 spiro atoms. The second-order valence-electron chi connectivity index (χ2n) is 5.49. The fourth-order valence-electron chi connectivity index (χ4n) is 2.84. The Balaban J connectivity index is 0.00000100. The number of hydrogen-bond acceptors (Lipinski definition) is 3. The van der Waals surface area contributed by atoms with Crippen molar-refractivity contribution in [3.05, 3.63) is 58.7 Å². The molecule has 1 N–H and O–H groups in total. The molecular weight excluding hydrogens is 302 g/mol. The molecule has 0 bridgehead atoms. The summed E-state index contributed by atoms with van der Waals surface area (Å²) in [5.41, 5.74) is 4.29. The topological polar surface area (TPSA) is 47.6 Å². The summed E-state index contributed by atoms with van der Waals surface area (Å²) in [5, 5.41) is 3.06. The Morgan fingerprint density at radius 2 is 1.58 bits per heavy atom. The SMILES string of the molecule is CC.COc1cc2c(cc1OC)[C@H](c1ccc(C)cc1)NC(=O)C2. The molecule has 128 valence electrons. The molecule has 4 nitrogen and oxygen atoms in total. The van der Waals surface area contributed by atoms with Crippen LogP contribution < -0.4 is 14.8 Å². The minimum atomic E-state index is -0.156. The van der Waals surface area contributed by atoms with Crippen LogP contribution in [0, 0.1) is 6.92 Å². The summed E-state index contributed by atoms with van der Waals surface area (Å²) in [5.74, 6) is 1.35. The number of amides is 1. The van der Waals surface area contributed by atoms with E-state index in [0.717, 1.165) is 16.7 Å². The van der Waals surface area contributed by atoms with E-state index in [-0.39, 0.29) is 11.9 Å². The first-order chi connectivity index (χ1) is 11.6. The van der Waals surface area contributed by atoms with Gasteiger partial charge in [-0.15, -0.1) is 0 Å². The number of nitrogens with one attached hydrogen (secondary N) is 1. The van der Waals surface area contributed by atoms with Gasteiger partial charge >= 0.3 is 0 Å². The lowest BCUT2D eigenvalue weighted by molar-refractivity contribution is -0.121. The number of aryl methyl sites for hydroxylation is 1. The minimum absolute atomic E-state index is 0.0188. The second kappa shape index (κ2) is 7.86. The molecule has 0 aliphatic carbocycles. The van der Waals surface area contributed by atoms with Gasteiger partial charge in [0, 0.05) is 0 Å². The molecule has 0 radical (unpaired) electrons. The molecule has 0 aromatic heterocycles. The lowest BCUT2D eigenvalue weighted by Gasteiger charge is -2.28. The zero-order chi connectivity index (χ0) is 17.7. The number of rotatable bonds is 3. The molecule has 0 saturated carbocycles. The summed E-state index contributed by atoms with van der Waals surface area (Å²) in [6, 6.07) is 11.9. The van der Waals surface area contributed by atoms with Crippen molar-refractivity contribution in [3.63, 3.8) is 0 Å². The molecule has 0 unspecified atom stereocenters. The Labute approximate surface area is 143 Å². The predicted molar refractivity (Wildman–Crippen MR) is 95.8 cm³/mol. The number of ether oxygens (including phenoxy) is 2. The largest absolute Gasteiger partial charge is 0.493 e. The van der Waals surface area contributed by atoms with Crippen molar-refractivity contribution in [2.75, 3.05) is 14.2 Å². The lowest BCUT2D eigenvalue weighted by atomic mass is 9.89. The molecule has 2 aromatic carbocycles. The van der Waals surface area contributed by atoms with Crippen molar-refractivity contribution in [1.29, 1.82) is 0 Å². The van der Waals surface area contributed by atoms with Crippen LogP contribution in [-0.4, -0.2) is 20.1 Å². The van der Waals surface area contributed by atoms with E-state index in [1.54, 1.807) is 14.2 Å². The number of carbonyl (C=O) groups excluding carboxylic acids is 1. The van der Waals surface area contributed by atoms with Crippen LogP contribution in [0.2, 0.25) is 0 Å². The number of carbonyl (C=O) groups is 1. The molecule has 0 fully saturated rings. The fourth-order valence-corrected chi connectivity index (χ4v) is 2.84. The zero-order valence-electron chi connectivity index (χ0n) is 15.0. The van der Waals surface area contributed by atoms with Crippen LogP contribution >= 0.6 is 0 Å². The predicted octanol–water partition coefficient (Wildman–Crippen LogP) is 3.80. The van der Waals surface area contributed by atoms with E-state index in [1.807, 2.05) is 45.0 Å². The quantitative estimate of drug-likeness (QED) is 0.933. The number of benzene rings is 2. The molecule has 1 amide bonds. The zero-order valence-corrected chi connectivity index (χ0v) is 15.0. The summed E-state index contributed by atoms with van der Waals surface area (Å²) >= 11 is 0. The third-order valence-electron chi connectivity index (χ3n) is 4.02. The molecule has 1 heterocycles. The molecule has 1 aliphatic heterocycles. The number of methoxy groups -OCH3 is 2. The maximum Gasteiger partial charge on any atom is 0.225 e. The van der Waals surface area contributed by atoms with Gasteiger partial charge in [-0.05, 0) is 35.7 Å². The average Bonchev–Trinajstić information content (AvgIpc) is 2.62. The molecule has 24 heavy (non-hydrogen) atoms. The highest BCUT2D eigenvalue weighted by Gasteiger charge is 2.27. The van der Waals surface area contributed by atoms with Crippen molar-refractivity contribution in [2.45, 2.75) is 33.2 Å². The Morgan fingerprint density at radius 1 is 1.00 bits per heavy atom. The van der Waals surface area contributed by atoms with Gasteiger partial charge in [0.15, 0.2) is 11.5 Å². The number of hydrogen-bond donors (Lipinski definition) is 1. The highest BCUT2D eigenvalue weighted by atomic mass is 16.5. The van der Waals surface area contributed by atoms with Crippen LogP contribution in [0.25, 0.3) is 0 Å². The van der Waals surface area contributed by atoms with Crippen molar-refractivity contribution >= 4 is 5.91 Å². The molecule has 1 atom stereocenters. The Morgan fingerprint density at radius 3 is 2.17 bits per heavy atom. The summed E-state index contributed by atoms with van der Waals surface area (Å²) in [6.07, 6.45) is 0.359. The molecule has 3 rings (SSSR count). The standard InChI is InChI=1S/C18H19NO3.C2H6/c1-11-4-6-12(7-5-11)18-14-10-16(22-3)15(21-2)8-13(14)9-17(20)19-18;1-2/h4-8,10,18H,9H2,1-3H3,(H,19,20);1-2H3/t18-;/m0./s1. The first kappa shape index (κ1) is 17.9. The Kier molecular flexibility index (Phi) is 5.85. The van der Waals surface area contributed by atoms with Crippen molar-refractivity contribution in [3.8, 4) is 11.5 Å². The van der Waals surface area contributed by atoms with Crippen molar-refractivity contribution < 1.29 is 14.3 Å². The van der Waals surface area contributed by atoms with E-state index >= 15 is 0 Å². The maximum atomic E-state index is 12.0. The van der Waals surface area contributed by atoms with Gasteiger partial charge in [-0.25, -0.2) is 0 Å². The van der Waals surface area contributed by atoms with Crippen LogP contribution in [0.1, 0.15) is 42.1 Å². The molecular formula is C20H25NO3. The molecule has 4 heteroatoms. The third-order valence-corrected chi connectivity index (χ3v) is 4.02. The van der Waals surface area contributed by atoms with E-state index in [9.17, 15) is 4.79 Å². The van der Waals surface area contributed by atoms with E-state index in [4.69, 9.17) is 9.47 Å². The summed E-state index contributed by atoms with van der Waals surface area (Å²) in [4.78, 5) is 12.0. The number of fused-ring (bicyclic) bond motifs is 1.